The van der Waals surface area contributed by atoms with Crippen LogP contribution in [0.15, 0.2) is 30.3 Å². The Morgan fingerprint density at radius 2 is 1.96 bits per heavy atom. The minimum absolute atomic E-state index is 0.111. The number of carbonyl (C=O) groups is 2. The second-order valence-corrected chi connectivity index (χ2v) is 6.82. The highest BCUT2D eigenvalue weighted by Crippen LogP contribution is 2.20. The van der Waals surface area contributed by atoms with E-state index in [1.54, 1.807) is 6.07 Å². The number of hydrogen-bond donors (Lipinski definition) is 3. The molecule has 1 aromatic heterocycles. The van der Waals surface area contributed by atoms with Gasteiger partial charge >= 0.3 is 0 Å². The molecule has 6 nitrogen and oxygen atoms in total. The molecule has 27 heavy (non-hydrogen) atoms. The minimum Gasteiger partial charge on any atom is -0.332 e. The monoisotopic (exact) mass is 386 g/mol. The van der Waals surface area contributed by atoms with Gasteiger partial charge in [-0.1, -0.05) is 12.1 Å². The lowest BCUT2D eigenvalue weighted by Crippen LogP contribution is -2.35. The number of anilines is 1. The zero-order valence-electron chi connectivity index (χ0n) is 15.1. The summed E-state index contributed by atoms with van der Waals surface area (Å²) in [6.45, 7) is 3.70. The number of rotatable bonds is 4. The Morgan fingerprint density at radius 3 is 2.70 bits per heavy atom. The lowest BCUT2D eigenvalue weighted by Gasteiger charge is -2.18. The van der Waals surface area contributed by atoms with E-state index in [1.807, 2.05) is 26.0 Å². The number of aromatic amines is 2. The Balaban J connectivity index is 1.79. The van der Waals surface area contributed by atoms with Crippen molar-refractivity contribution in [2.75, 3.05) is 18.9 Å². The molecule has 3 rings (SSSR count). The Kier molecular flexibility index (Phi) is 5.09. The van der Waals surface area contributed by atoms with Crippen molar-refractivity contribution in [1.82, 2.24) is 14.9 Å². The van der Waals surface area contributed by atoms with Gasteiger partial charge in [-0.05, 0) is 55.4 Å². The first kappa shape index (κ1) is 18.8. The smallest absolute Gasteiger partial charge is 0.256 e. The maximum Gasteiger partial charge on any atom is 0.256 e. The van der Waals surface area contributed by atoms with Crippen LogP contribution in [0.3, 0.4) is 0 Å². The van der Waals surface area contributed by atoms with Crippen LogP contribution in [0.1, 0.15) is 21.5 Å². The molecular formula is C19H19FN4O2S. The number of aromatic nitrogens is 2. The van der Waals surface area contributed by atoms with Gasteiger partial charge in [0.1, 0.15) is 5.82 Å². The van der Waals surface area contributed by atoms with Gasteiger partial charge in [0.05, 0.1) is 23.1 Å². The van der Waals surface area contributed by atoms with Crippen LogP contribution in [0.25, 0.3) is 11.0 Å². The molecule has 3 N–H and O–H groups in total. The molecule has 0 aliphatic heterocycles. The third-order valence-corrected chi connectivity index (χ3v) is 4.63. The molecule has 0 spiro atoms. The number of amides is 2. The average molecular weight is 386 g/mol. The highest BCUT2D eigenvalue weighted by atomic mass is 32.1. The predicted octanol–water partition coefficient (Wildman–Crippen LogP) is 3.69. The molecule has 0 aliphatic carbocycles. The van der Waals surface area contributed by atoms with Gasteiger partial charge in [-0.3, -0.25) is 9.59 Å². The van der Waals surface area contributed by atoms with Gasteiger partial charge in [-0.25, -0.2) is 4.39 Å². The van der Waals surface area contributed by atoms with Crippen LogP contribution >= 0.6 is 12.2 Å². The minimum atomic E-state index is -0.565. The summed E-state index contributed by atoms with van der Waals surface area (Å²) >= 11 is 5.01. The Labute approximate surface area is 160 Å². The van der Waals surface area contributed by atoms with E-state index in [2.05, 4.69) is 15.3 Å². The quantitative estimate of drug-likeness (QED) is 0.598. The van der Waals surface area contributed by atoms with Crippen molar-refractivity contribution in [3.63, 3.8) is 0 Å². The van der Waals surface area contributed by atoms with Crippen molar-refractivity contribution in [3.05, 3.63) is 57.6 Å². The molecule has 0 bridgehead atoms. The average Bonchev–Trinajstić information content (AvgIpc) is 2.97. The third kappa shape index (κ3) is 3.90. The van der Waals surface area contributed by atoms with E-state index in [0.29, 0.717) is 21.5 Å². The molecule has 0 saturated heterocycles. The number of carbonyl (C=O) groups excluding carboxylic acids is 2. The molecular weight excluding hydrogens is 367 g/mol. The van der Waals surface area contributed by atoms with Crippen molar-refractivity contribution in [2.24, 2.45) is 0 Å². The highest BCUT2D eigenvalue weighted by Gasteiger charge is 2.20. The van der Waals surface area contributed by atoms with Crippen molar-refractivity contribution in [3.8, 4) is 0 Å². The van der Waals surface area contributed by atoms with Crippen molar-refractivity contribution >= 4 is 40.8 Å². The second-order valence-electron chi connectivity index (χ2n) is 6.41. The molecule has 0 fully saturated rings. The SMILES string of the molecule is Cc1cccc(NC(=O)CN(C)C(=O)c2cc(F)cc3[nH]c(=S)[nH]c23)c1C. The number of nitrogens with zero attached hydrogens (tertiary/aromatic N) is 1. The van der Waals surface area contributed by atoms with Crippen LogP contribution in [0.2, 0.25) is 0 Å². The zero-order valence-corrected chi connectivity index (χ0v) is 16.0. The van der Waals surface area contributed by atoms with Crippen LogP contribution in [-0.4, -0.2) is 40.3 Å². The lowest BCUT2D eigenvalue weighted by atomic mass is 10.1. The number of hydrogen-bond acceptors (Lipinski definition) is 3. The van der Waals surface area contributed by atoms with Crippen LogP contribution in [0, 0.1) is 24.4 Å². The van der Waals surface area contributed by atoms with Crippen molar-refractivity contribution in [2.45, 2.75) is 13.8 Å². The summed E-state index contributed by atoms with van der Waals surface area (Å²) in [6.07, 6.45) is 0. The summed E-state index contributed by atoms with van der Waals surface area (Å²) in [5, 5.41) is 2.80. The van der Waals surface area contributed by atoms with Gasteiger partial charge in [-0.15, -0.1) is 0 Å². The standard InChI is InChI=1S/C19H19FN4O2S/c1-10-5-4-6-14(11(10)2)21-16(25)9-24(3)18(26)13-7-12(20)8-15-17(13)23-19(27)22-15/h4-8H,9H2,1-3H3,(H,21,25)(H2,22,23,27). The number of benzene rings is 2. The Morgan fingerprint density at radius 1 is 1.22 bits per heavy atom. The van der Waals surface area contributed by atoms with Crippen molar-refractivity contribution < 1.29 is 14.0 Å². The van der Waals surface area contributed by atoms with Gasteiger partial charge in [0.15, 0.2) is 4.77 Å². The van der Waals surface area contributed by atoms with Gasteiger partial charge in [0, 0.05) is 12.7 Å². The van der Waals surface area contributed by atoms with Gasteiger partial charge < -0.3 is 20.2 Å². The second kappa shape index (κ2) is 7.32. The fraction of sp³-hybridized carbons (Fsp3) is 0.211. The van der Waals surface area contributed by atoms with Crippen molar-refractivity contribution in [1.29, 1.82) is 0 Å². The van der Waals surface area contributed by atoms with Gasteiger partial charge in [0.2, 0.25) is 5.91 Å². The molecule has 3 aromatic rings. The molecule has 140 valence electrons. The zero-order chi connectivity index (χ0) is 19.7. The van der Waals surface area contributed by atoms with Crippen LogP contribution in [0.5, 0.6) is 0 Å². The summed E-state index contributed by atoms with van der Waals surface area (Å²) in [4.78, 5) is 32.0. The molecule has 2 aromatic carbocycles. The van der Waals surface area contributed by atoms with Gasteiger partial charge in [-0.2, -0.15) is 0 Å². The summed E-state index contributed by atoms with van der Waals surface area (Å²) in [5.41, 5.74) is 3.64. The van der Waals surface area contributed by atoms with E-state index in [9.17, 15) is 14.0 Å². The number of likely N-dealkylation sites (N-methyl/N-ethyl adjacent to an activating group) is 1. The van der Waals surface area contributed by atoms with Crippen LogP contribution < -0.4 is 5.32 Å². The molecule has 2 amide bonds. The number of H-pyrrole nitrogens is 2. The number of nitrogens with one attached hydrogen (secondary N) is 3. The first-order valence-corrected chi connectivity index (χ1v) is 8.70. The Hall–Kier alpha value is -3.00. The van der Waals surface area contributed by atoms with E-state index in [0.717, 1.165) is 17.2 Å². The van der Waals surface area contributed by atoms with E-state index in [1.165, 1.54) is 18.0 Å². The fourth-order valence-electron chi connectivity index (χ4n) is 2.84. The third-order valence-electron chi connectivity index (χ3n) is 4.43. The molecule has 0 saturated carbocycles. The molecule has 8 heteroatoms. The fourth-order valence-corrected chi connectivity index (χ4v) is 3.06. The maximum atomic E-state index is 13.8. The summed E-state index contributed by atoms with van der Waals surface area (Å²) in [6, 6.07) is 7.99. The first-order chi connectivity index (χ1) is 12.8. The molecule has 0 atom stereocenters. The lowest BCUT2D eigenvalue weighted by molar-refractivity contribution is -0.116. The number of imidazole rings is 1. The number of halogens is 1. The summed E-state index contributed by atoms with van der Waals surface area (Å²) < 4.78 is 14.1. The normalized spacial score (nSPS) is 10.8. The maximum absolute atomic E-state index is 13.8. The topological polar surface area (TPSA) is 81.0 Å². The van der Waals surface area contributed by atoms with Gasteiger partial charge in [0.25, 0.3) is 5.91 Å². The summed E-state index contributed by atoms with van der Waals surface area (Å²) in [5.74, 6) is -1.39. The molecule has 0 unspecified atom stereocenters. The van der Waals surface area contributed by atoms with E-state index in [4.69, 9.17) is 12.2 Å². The first-order valence-electron chi connectivity index (χ1n) is 8.29. The summed E-state index contributed by atoms with van der Waals surface area (Å²) in [7, 11) is 1.49. The molecule has 1 heterocycles. The largest absolute Gasteiger partial charge is 0.332 e. The highest BCUT2D eigenvalue weighted by molar-refractivity contribution is 7.71. The Bertz CT molecular complexity index is 1100. The van der Waals surface area contributed by atoms with E-state index >= 15 is 0 Å². The van der Waals surface area contributed by atoms with E-state index < -0.39 is 11.7 Å². The van der Waals surface area contributed by atoms with Crippen LogP contribution in [0.4, 0.5) is 10.1 Å². The molecule has 0 radical (unpaired) electrons. The number of fused-ring (bicyclic) bond motifs is 1. The number of aryl methyl sites for hydroxylation is 1. The molecule has 0 aliphatic rings. The van der Waals surface area contributed by atoms with Crippen LogP contribution in [-0.2, 0) is 4.79 Å². The van der Waals surface area contributed by atoms with E-state index in [-0.39, 0.29) is 18.0 Å². The predicted molar refractivity (Wildman–Crippen MR) is 105 cm³/mol.